The Bertz CT molecular complexity index is 528. The predicted molar refractivity (Wildman–Crippen MR) is 74.8 cm³/mol. The highest BCUT2D eigenvalue weighted by Gasteiger charge is 2.05. The van der Waals surface area contributed by atoms with Crippen molar-refractivity contribution < 1.29 is 19.6 Å². The lowest BCUT2D eigenvalue weighted by Gasteiger charge is -2.10. The summed E-state index contributed by atoms with van der Waals surface area (Å²) in [4.78, 5) is 0. The molecule has 0 aromatic heterocycles. The van der Waals surface area contributed by atoms with Crippen molar-refractivity contribution >= 4 is 0 Å². The summed E-state index contributed by atoms with van der Waals surface area (Å²) in [5.74, 6) is 0.582. The molecule has 0 aliphatic rings. The number of rotatable bonds is 7. The van der Waals surface area contributed by atoms with E-state index in [0.29, 0.717) is 13.2 Å². The van der Waals surface area contributed by atoms with Crippen LogP contribution in [0.25, 0.3) is 0 Å². The lowest BCUT2D eigenvalue weighted by atomic mass is 10.2. The summed E-state index contributed by atoms with van der Waals surface area (Å²) >= 11 is 0. The highest BCUT2D eigenvalue weighted by Crippen LogP contribution is 2.18. The summed E-state index contributed by atoms with van der Waals surface area (Å²) in [6, 6.07) is 14.1. The number of quaternary nitrogens is 1. The maximum atomic E-state index is 12.8. The molecular weight excluding hydrogens is 257 g/mol. The highest BCUT2D eigenvalue weighted by molar-refractivity contribution is 5.32. The van der Waals surface area contributed by atoms with E-state index < -0.39 is 0 Å². The number of ether oxygens (including phenoxy) is 1. The summed E-state index contributed by atoms with van der Waals surface area (Å²) in [5, 5.41) is 10.8. The van der Waals surface area contributed by atoms with Crippen LogP contribution in [0.3, 0.4) is 0 Å². The SMILES string of the molecule is OCC[NH2+]Cc1ccccc1OCc1ccc(F)cc1. The first kappa shape index (κ1) is 14.5. The molecule has 0 unspecified atom stereocenters. The number of para-hydroxylation sites is 1. The van der Waals surface area contributed by atoms with Crippen LogP contribution in [0.15, 0.2) is 48.5 Å². The van der Waals surface area contributed by atoms with Crippen LogP contribution >= 0.6 is 0 Å². The molecule has 0 saturated heterocycles. The number of hydrogen-bond donors (Lipinski definition) is 2. The van der Waals surface area contributed by atoms with E-state index in [1.165, 1.54) is 12.1 Å². The largest absolute Gasteiger partial charge is 0.488 e. The van der Waals surface area contributed by atoms with Gasteiger partial charge in [-0.25, -0.2) is 4.39 Å². The predicted octanol–water partition coefficient (Wildman–Crippen LogP) is 1.46. The molecule has 0 saturated carbocycles. The molecule has 0 heterocycles. The summed E-state index contributed by atoms with van der Waals surface area (Å²) < 4.78 is 18.6. The normalized spacial score (nSPS) is 10.5. The van der Waals surface area contributed by atoms with E-state index in [0.717, 1.165) is 23.4 Å². The molecule has 0 bridgehead atoms. The van der Waals surface area contributed by atoms with Crippen molar-refractivity contribution in [2.75, 3.05) is 13.2 Å². The number of nitrogens with two attached hydrogens (primary N) is 1. The molecule has 3 N–H and O–H groups in total. The standard InChI is InChI=1S/C16H18FNO2/c17-15-7-5-13(6-8-15)12-20-16-4-2-1-3-14(16)11-18-9-10-19/h1-8,18-19H,9-12H2/p+1. The van der Waals surface area contributed by atoms with Crippen molar-refractivity contribution in [3.63, 3.8) is 0 Å². The van der Waals surface area contributed by atoms with Gasteiger partial charge in [0.1, 0.15) is 24.7 Å². The van der Waals surface area contributed by atoms with Crippen LogP contribution in [0.4, 0.5) is 4.39 Å². The van der Waals surface area contributed by atoms with Crippen LogP contribution in [0.1, 0.15) is 11.1 Å². The van der Waals surface area contributed by atoms with Gasteiger partial charge in [-0.3, -0.25) is 0 Å². The summed E-state index contributed by atoms with van der Waals surface area (Å²) in [6.07, 6.45) is 0. The van der Waals surface area contributed by atoms with Crippen LogP contribution < -0.4 is 10.1 Å². The smallest absolute Gasteiger partial charge is 0.128 e. The van der Waals surface area contributed by atoms with Gasteiger partial charge in [-0.2, -0.15) is 0 Å². The molecule has 106 valence electrons. The second-order valence-corrected chi connectivity index (χ2v) is 4.53. The molecular formula is C16H19FNO2+. The zero-order valence-electron chi connectivity index (χ0n) is 11.3. The third-order valence-electron chi connectivity index (χ3n) is 2.98. The molecule has 0 aliphatic heterocycles. The summed E-state index contributed by atoms with van der Waals surface area (Å²) in [7, 11) is 0. The Balaban J connectivity index is 1.96. The molecule has 4 heteroatoms. The first-order valence-electron chi connectivity index (χ1n) is 6.67. The molecule has 0 atom stereocenters. The van der Waals surface area contributed by atoms with Gasteiger partial charge >= 0.3 is 0 Å². The Labute approximate surface area is 118 Å². The Morgan fingerprint density at radius 1 is 1.05 bits per heavy atom. The third kappa shape index (κ3) is 4.33. The fraction of sp³-hybridized carbons (Fsp3) is 0.250. The maximum absolute atomic E-state index is 12.8. The van der Waals surface area contributed by atoms with Crippen LogP contribution in [0, 0.1) is 5.82 Å². The summed E-state index contributed by atoms with van der Waals surface area (Å²) in [5.41, 5.74) is 2.02. The minimum atomic E-state index is -0.243. The minimum absolute atomic E-state index is 0.165. The number of aliphatic hydroxyl groups excluding tert-OH is 1. The zero-order valence-corrected chi connectivity index (χ0v) is 11.3. The quantitative estimate of drug-likeness (QED) is 0.752. The number of halogens is 1. The fourth-order valence-electron chi connectivity index (χ4n) is 1.90. The van der Waals surface area contributed by atoms with Gasteiger partial charge in [0, 0.05) is 5.56 Å². The summed E-state index contributed by atoms with van der Waals surface area (Å²) in [6.45, 7) is 2.02. The van der Waals surface area contributed by atoms with Crippen molar-refractivity contribution in [2.24, 2.45) is 0 Å². The van der Waals surface area contributed by atoms with E-state index in [1.54, 1.807) is 12.1 Å². The van der Waals surface area contributed by atoms with Gasteiger partial charge in [-0.05, 0) is 29.8 Å². The van der Waals surface area contributed by atoms with E-state index >= 15 is 0 Å². The van der Waals surface area contributed by atoms with Crippen LogP contribution in [0.5, 0.6) is 5.75 Å². The lowest BCUT2D eigenvalue weighted by molar-refractivity contribution is -0.671. The molecule has 0 radical (unpaired) electrons. The van der Waals surface area contributed by atoms with E-state index in [4.69, 9.17) is 9.84 Å². The van der Waals surface area contributed by atoms with Crippen molar-refractivity contribution in [2.45, 2.75) is 13.2 Å². The van der Waals surface area contributed by atoms with E-state index in [-0.39, 0.29) is 12.4 Å². The molecule has 2 aromatic carbocycles. The van der Waals surface area contributed by atoms with Crippen molar-refractivity contribution in [3.05, 3.63) is 65.5 Å². The molecule has 20 heavy (non-hydrogen) atoms. The molecule has 0 amide bonds. The second kappa shape index (κ2) is 7.62. The molecule has 3 nitrogen and oxygen atoms in total. The minimum Gasteiger partial charge on any atom is -0.488 e. The van der Waals surface area contributed by atoms with Gasteiger partial charge in [0.15, 0.2) is 0 Å². The van der Waals surface area contributed by atoms with Crippen LogP contribution in [0.2, 0.25) is 0 Å². The lowest BCUT2D eigenvalue weighted by Crippen LogP contribution is -2.83. The number of aliphatic hydroxyl groups is 1. The van der Waals surface area contributed by atoms with Crippen molar-refractivity contribution in [1.82, 2.24) is 0 Å². The molecule has 0 aliphatic carbocycles. The molecule has 0 spiro atoms. The average molecular weight is 276 g/mol. The first-order chi connectivity index (χ1) is 9.79. The van der Waals surface area contributed by atoms with Gasteiger partial charge in [-0.1, -0.05) is 24.3 Å². The molecule has 2 aromatic rings. The number of benzene rings is 2. The van der Waals surface area contributed by atoms with Gasteiger partial charge in [0.05, 0.1) is 13.2 Å². The Morgan fingerprint density at radius 3 is 2.55 bits per heavy atom. The topological polar surface area (TPSA) is 46.1 Å². The van der Waals surface area contributed by atoms with Crippen molar-refractivity contribution in [1.29, 1.82) is 0 Å². The van der Waals surface area contributed by atoms with E-state index in [9.17, 15) is 4.39 Å². The first-order valence-corrected chi connectivity index (χ1v) is 6.67. The van der Waals surface area contributed by atoms with Crippen LogP contribution in [-0.4, -0.2) is 18.3 Å². The Hall–Kier alpha value is -1.91. The third-order valence-corrected chi connectivity index (χ3v) is 2.98. The van der Waals surface area contributed by atoms with Crippen molar-refractivity contribution in [3.8, 4) is 5.75 Å². The second-order valence-electron chi connectivity index (χ2n) is 4.53. The zero-order chi connectivity index (χ0) is 14.2. The fourth-order valence-corrected chi connectivity index (χ4v) is 1.90. The molecule has 2 rings (SSSR count). The van der Waals surface area contributed by atoms with Gasteiger partial charge in [-0.15, -0.1) is 0 Å². The van der Waals surface area contributed by atoms with Gasteiger partial charge in [0.2, 0.25) is 0 Å². The Morgan fingerprint density at radius 2 is 1.80 bits per heavy atom. The monoisotopic (exact) mass is 276 g/mol. The maximum Gasteiger partial charge on any atom is 0.128 e. The Kier molecular flexibility index (Phi) is 5.53. The van der Waals surface area contributed by atoms with E-state index in [1.807, 2.05) is 29.6 Å². The average Bonchev–Trinajstić information content (AvgIpc) is 2.48. The number of hydrogen-bond acceptors (Lipinski definition) is 2. The molecule has 0 fully saturated rings. The highest BCUT2D eigenvalue weighted by atomic mass is 19.1. The van der Waals surface area contributed by atoms with Gasteiger partial charge < -0.3 is 15.2 Å². The van der Waals surface area contributed by atoms with Crippen LogP contribution in [-0.2, 0) is 13.2 Å². The van der Waals surface area contributed by atoms with E-state index in [2.05, 4.69) is 0 Å². The van der Waals surface area contributed by atoms with Gasteiger partial charge in [0.25, 0.3) is 0 Å².